The van der Waals surface area contributed by atoms with E-state index in [4.69, 9.17) is 17.3 Å². The van der Waals surface area contributed by atoms with Gasteiger partial charge in [0.25, 0.3) is 0 Å². The van der Waals surface area contributed by atoms with Crippen molar-refractivity contribution in [2.45, 2.75) is 5.92 Å². The summed E-state index contributed by atoms with van der Waals surface area (Å²) >= 11 is 0. The zero-order valence-corrected chi connectivity index (χ0v) is 10.2. The van der Waals surface area contributed by atoms with Gasteiger partial charge in [-0.2, -0.15) is 0 Å². The van der Waals surface area contributed by atoms with Crippen LogP contribution >= 0.6 is 0 Å². The van der Waals surface area contributed by atoms with Crippen LogP contribution in [0.4, 0.5) is 0 Å². The van der Waals surface area contributed by atoms with E-state index >= 15 is 0 Å². The molecule has 0 aliphatic carbocycles. The van der Waals surface area contributed by atoms with Gasteiger partial charge < -0.3 is 9.47 Å². The molecule has 1 heterocycles. The van der Waals surface area contributed by atoms with Crippen LogP contribution in [0.3, 0.4) is 0 Å². The van der Waals surface area contributed by atoms with E-state index < -0.39 is 0 Å². The molecule has 0 bridgehead atoms. The molecule has 0 N–H and O–H groups in total. The molecule has 0 spiro atoms. The predicted octanol–water partition coefficient (Wildman–Crippen LogP) is 2.01. The summed E-state index contributed by atoms with van der Waals surface area (Å²) in [5, 5.41) is 0. The second-order valence-corrected chi connectivity index (χ2v) is 4.43. The quantitative estimate of drug-likeness (QED) is 0.742. The molecule has 1 unspecified atom stereocenters. The van der Waals surface area contributed by atoms with Crippen LogP contribution in [0, 0.1) is 0 Å². The van der Waals surface area contributed by atoms with Gasteiger partial charge in [0.2, 0.25) is 0 Å². The minimum atomic E-state index is 0.259. The van der Waals surface area contributed by atoms with Crippen molar-refractivity contribution in [2.24, 2.45) is 0 Å². The number of benzene rings is 2. The van der Waals surface area contributed by atoms with Crippen LogP contribution in [0.25, 0.3) is 0 Å². The highest BCUT2D eigenvalue weighted by Gasteiger charge is 2.25. The number of fused-ring (bicyclic) bond motifs is 1. The summed E-state index contributed by atoms with van der Waals surface area (Å²) in [5.41, 5.74) is 3.16. The van der Waals surface area contributed by atoms with Crippen LogP contribution in [0.1, 0.15) is 17.0 Å². The molecule has 0 saturated heterocycles. The Hall–Kier alpha value is -1.90. The van der Waals surface area contributed by atoms with Crippen molar-refractivity contribution in [1.82, 2.24) is 0 Å². The lowest BCUT2D eigenvalue weighted by molar-refractivity contribution is 0.343. The van der Waals surface area contributed by atoms with Crippen molar-refractivity contribution in [3.05, 3.63) is 53.6 Å². The fourth-order valence-corrected chi connectivity index (χ4v) is 2.35. The van der Waals surface area contributed by atoms with Crippen LogP contribution < -0.4 is 14.9 Å². The van der Waals surface area contributed by atoms with Crippen molar-refractivity contribution in [3.8, 4) is 11.5 Å². The number of hydrogen-bond donors (Lipinski definition) is 0. The van der Waals surface area contributed by atoms with Gasteiger partial charge in [-0.15, -0.1) is 0 Å². The Kier molecular flexibility index (Phi) is 2.75. The molecule has 1 atom stereocenters. The Balaban J connectivity index is 1.97. The summed E-state index contributed by atoms with van der Waals surface area (Å²) in [5.74, 6) is 2.06. The lowest BCUT2D eigenvalue weighted by atomic mass is 9.87. The summed E-state index contributed by atoms with van der Waals surface area (Å²) in [6, 6.07) is 13.9. The van der Waals surface area contributed by atoms with Gasteiger partial charge in [0.1, 0.15) is 19.3 Å². The number of rotatable bonds is 2. The summed E-state index contributed by atoms with van der Waals surface area (Å²) in [6.45, 7) is 0.672. The smallest absolute Gasteiger partial charge is 0.123 e. The van der Waals surface area contributed by atoms with Crippen LogP contribution in [0.2, 0.25) is 0 Å². The molecule has 0 amide bonds. The molecule has 2 nitrogen and oxygen atoms in total. The largest absolute Gasteiger partial charge is 0.497 e. The summed E-state index contributed by atoms with van der Waals surface area (Å²) < 4.78 is 10.9. The standard InChI is InChI=1S/C15H13BO2/c1-17-12-5-2-10(3-6-12)14-9-18-15-7-4-11(16)8-13(14)15/h2-8,14H,9H2,1H3. The molecule has 2 aromatic carbocycles. The van der Waals surface area contributed by atoms with Crippen LogP contribution in [-0.2, 0) is 0 Å². The van der Waals surface area contributed by atoms with E-state index in [1.165, 1.54) is 11.1 Å². The first-order valence-corrected chi connectivity index (χ1v) is 5.94. The fourth-order valence-electron chi connectivity index (χ4n) is 2.35. The maximum absolute atomic E-state index is 5.84. The van der Waals surface area contributed by atoms with Gasteiger partial charge in [-0.3, -0.25) is 0 Å². The maximum atomic E-state index is 5.84. The molecule has 18 heavy (non-hydrogen) atoms. The Morgan fingerprint density at radius 1 is 1.17 bits per heavy atom. The van der Waals surface area contributed by atoms with Gasteiger partial charge >= 0.3 is 0 Å². The third-order valence-electron chi connectivity index (χ3n) is 3.33. The Morgan fingerprint density at radius 2 is 1.94 bits per heavy atom. The average molecular weight is 236 g/mol. The van der Waals surface area contributed by atoms with Gasteiger partial charge in [0, 0.05) is 11.5 Å². The summed E-state index contributed by atoms with van der Waals surface area (Å²) in [4.78, 5) is 0. The molecule has 1 aliphatic heterocycles. The Labute approximate surface area is 108 Å². The highest BCUT2D eigenvalue weighted by molar-refractivity contribution is 6.32. The SMILES string of the molecule is [B]c1ccc2c(c1)C(c1ccc(OC)cc1)CO2. The molecule has 0 aromatic heterocycles. The molecule has 2 aromatic rings. The molecular weight excluding hydrogens is 223 g/mol. The average Bonchev–Trinajstić information content (AvgIpc) is 2.82. The lowest BCUT2D eigenvalue weighted by Gasteiger charge is -2.10. The topological polar surface area (TPSA) is 18.5 Å². The van der Waals surface area contributed by atoms with Gasteiger partial charge in [0.15, 0.2) is 0 Å². The van der Waals surface area contributed by atoms with Gasteiger partial charge in [0.05, 0.1) is 13.7 Å². The maximum Gasteiger partial charge on any atom is 0.123 e. The highest BCUT2D eigenvalue weighted by Crippen LogP contribution is 2.37. The highest BCUT2D eigenvalue weighted by atomic mass is 16.5. The van der Waals surface area contributed by atoms with Gasteiger partial charge in [-0.25, -0.2) is 0 Å². The van der Waals surface area contributed by atoms with E-state index in [-0.39, 0.29) is 5.92 Å². The second-order valence-electron chi connectivity index (χ2n) is 4.43. The van der Waals surface area contributed by atoms with Gasteiger partial charge in [-0.05, 0) is 23.8 Å². The number of hydrogen-bond acceptors (Lipinski definition) is 2. The molecule has 1 aliphatic rings. The molecule has 3 rings (SSSR count). The third-order valence-corrected chi connectivity index (χ3v) is 3.33. The predicted molar refractivity (Wildman–Crippen MR) is 72.2 cm³/mol. The monoisotopic (exact) mass is 236 g/mol. The van der Waals surface area contributed by atoms with E-state index in [9.17, 15) is 0 Å². The van der Waals surface area contributed by atoms with Crippen LogP contribution in [0.15, 0.2) is 42.5 Å². The van der Waals surface area contributed by atoms with E-state index in [0.29, 0.717) is 6.61 Å². The molecule has 0 saturated carbocycles. The van der Waals surface area contributed by atoms with Crippen molar-refractivity contribution >= 4 is 13.3 Å². The van der Waals surface area contributed by atoms with E-state index in [0.717, 1.165) is 17.0 Å². The first-order valence-electron chi connectivity index (χ1n) is 5.94. The molecule has 3 heteroatoms. The molecular formula is C15H13BO2. The summed E-state index contributed by atoms with van der Waals surface area (Å²) in [7, 11) is 7.51. The zero-order valence-electron chi connectivity index (χ0n) is 10.2. The van der Waals surface area contributed by atoms with E-state index in [1.54, 1.807) is 7.11 Å². The first-order chi connectivity index (χ1) is 8.78. The van der Waals surface area contributed by atoms with E-state index in [2.05, 4.69) is 12.1 Å². The first kappa shape index (κ1) is 11.2. The second kappa shape index (κ2) is 4.41. The van der Waals surface area contributed by atoms with Crippen molar-refractivity contribution in [2.75, 3.05) is 13.7 Å². The molecule has 88 valence electrons. The minimum Gasteiger partial charge on any atom is -0.497 e. The van der Waals surface area contributed by atoms with Crippen LogP contribution in [0.5, 0.6) is 11.5 Å². The van der Waals surface area contributed by atoms with Crippen LogP contribution in [-0.4, -0.2) is 21.6 Å². The normalized spacial score (nSPS) is 17.1. The third kappa shape index (κ3) is 1.86. The van der Waals surface area contributed by atoms with Crippen molar-refractivity contribution < 1.29 is 9.47 Å². The van der Waals surface area contributed by atoms with Crippen molar-refractivity contribution in [3.63, 3.8) is 0 Å². The minimum absolute atomic E-state index is 0.259. The number of ether oxygens (including phenoxy) is 2. The molecule has 2 radical (unpaired) electrons. The van der Waals surface area contributed by atoms with E-state index in [1.807, 2.05) is 30.3 Å². The van der Waals surface area contributed by atoms with Crippen molar-refractivity contribution in [1.29, 1.82) is 0 Å². The van der Waals surface area contributed by atoms with Gasteiger partial charge in [-0.1, -0.05) is 29.7 Å². The summed E-state index contributed by atoms with van der Waals surface area (Å²) in [6.07, 6.45) is 0. The fraction of sp³-hybridized carbons (Fsp3) is 0.200. The Morgan fingerprint density at radius 3 is 2.67 bits per heavy atom. The Bertz CT molecular complexity index is 563. The lowest BCUT2D eigenvalue weighted by Crippen LogP contribution is -2.05. The molecule has 0 fully saturated rings. The number of methoxy groups -OCH3 is 1. The zero-order chi connectivity index (χ0) is 12.5.